The second-order valence-electron chi connectivity index (χ2n) is 5.88. The van der Waals surface area contributed by atoms with Gasteiger partial charge in [-0.2, -0.15) is 0 Å². The van der Waals surface area contributed by atoms with Crippen LogP contribution >= 0.6 is 11.3 Å². The third kappa shape index (κ3) is 2.62. The maximum Gasteiger partial charge on any atom is 0.265 e. The van der Waals surface area contributed by atoms with Crippen LogP contribution in [0.2, 0.25) is 0 Å². The van der Waals surface area contributed by atoms with E-state index in [0.717, 1.165) is 35.4 Å². The van der Waals surface area contributed by atoms with Crippen molar-refractivity contribution in [3.8, 4) is 5.75 Å². The predicted octanol–water partition coefficient (Wildman–Crippen LogP) is 3.49. The molecule has 1 aromatic heterocycles. The first kappa shape index (κ1) is 13.8. The van der Waals surface area contributed by atoms with Crippen molar-refractivity contribution < 1.29 is 9.53 Å². The highest BCUT2D eigenvalue weighted by molar-refractivity contribution is 7.14. The number of carbonyl (C=O) groups excluding carboxylic acids is 1. The Kier molecular flexibility index (Phi) is 3.39. The van der Waals surface area contributed by atoms with Gasteiger partial charge < -0.3 is 10.1 Å². The number of ether oxygens (including phenoxy) is 1. The molecule has 1 aromatic carbocycles. The molecule has 2 heterocycles. The fraction of sp³-hybridized carbons (Fsp3) is 0.353. The summed E-state index contributed by atoms with van der Waals surface area (Å²) in [6.45, 7) is 2.01. The summed E-state index contributed by atoms with van der Waals surface area (Å²) in [6.07, 6.45) is 2.66. The highest BCUT2D eigenvalue weighted by Gasteiger charge is 2.34. The van der Waals surface area contributed by atoms with Gasteiger partial charge in [0.05, 0.1) is 12.0 Å². The molecule has 114 valence electrons. The van der Waals surface area contributed by atoms with E-state index in [9.17, 15) is 4.79 Å². The molecule has 22 heavy (non-hydrogen) atoms. The standard InChI is InChI=1S/C17H18N2O2S/c1-21-14-4-2-3-12(8-14)18-17(20)15-7-11-9-19(13-5-6-13)10-16(11)22-15/h2-4,7-8,13H,5-6,9-10H2,1H3,(H,18,20). The number of nitrogens with zero attached hydrogens (tertiary/aromatic N) is 1. The fourth-order valence-corrected chi connectivity index (χ4v) is 3.99. The van der Waals surface area contributed by atoms with Gasteiger partial charge in [-0.1, -0.05) is 6.07 Å². The second kappa shape index (κ2) is 5.41. The Morgan fingerprint density at radius 3 is 2.91 bits per heavy atom. The Labute approximate surface area is 133 Å². The molecule has 0 unspecified atom stereocenters. The van der Waals surface area contributed by atoms with Crippen LogP contribution in [0.15, 0.2) is 30.3 Å². The molecule has 0 spiro atoms. The lowest BCUT2D eigenvalue weighted by molar-refractivity contribution is 0.103. The number of benzene rings is 1. The SMILES string of the molecule is COc1cccc(NC(=O)c2cc3c(s2)CN(C2CC2)C3)c1. The van der Waals surface area contributed by atoms with E-state index in [0.29, 0.717) is 0 Å². The molecule has 0 atom stereocenters. The summed E-state index contributed by atoms with van der Waals surface area (Å²) >= 11 is 1.62. The Bertz CT molecular complexity index is 698. The molecule has 2 aromatic rings. The summed E-state index contributed by atoms with van der Waals surface area (Å²) < 4.78 is 5.18. The molecule has 5 heteroatoms. The van der Waals surface area contributed by atoms with E-state index in [4.69, 9.17) is 4.74 Å². The van der Waals surface area contributed by atoms with Gasteiger partial charge in [-0.15, -0.1) is 11.3 Å². The Hall–Kier alpha value is -1.85. The third-order valence-electron chi connectivity index (χ3n) is 4.23. The summed E-state index contributed by atoms with van der Waals surface area (Å²) in [4.78, 5) is 17.1. The van der Waals surface area contributed by atoms with Crippen molar-refractivity contribution in [3.63, 3.8) is 0 Å². The number of hydrogen-bond acceptors (Lipinski definition) is 4. The van der Waals surface area contributed by atoms with Crippen LogP contribution in [0.1, 0.15) is 33.0 Å². The van der Waals surface area contributed by atoms with E-state index < -0.39 is 0 Å². The van der Waals surface area contributed by atoms with Gasteiger partial charge in [-0.05, 0) is 36.6 Å². The number of thiophene rings is 1. The fourth-order valence-electron chi connectivity index (χ4n) is 2.90. The molecule has 1 amide bonds. The van der Waals surface area contributed by atoms with Crippen LogP contribution in [0, 0.1) is 0 Å². The molecule has 2 aliphatic rings. The van der Waals surface area contributed by atoms with Crippen LogP contribution in [-0.4, -0.2) is 24.0 Å². The lowest BCUT2D eigenvalue weighted by Gasteiger charge is -2.12. The van der Waals surface area contributed by atoms with E-state index >= 15 is 0 Å². The van der Waals surface area contributed by atoms with Crippen LogP contribution in [-0.2, 0) is 13.1 Å². The zero-order valence-electron chi connectivity index (χ0n) is 12.5. The average Bonchev–Trinajstić information content (AvgIpc) is 3.17. The van der Waals surface area contributed by atoms with Gasteiger partial charge in [0.1, 0.15) is 5.75 Å². The number of methoxy groups -OCH3 is 1. The van der Waals surface area contributed by atoms with E-state index in [1.807, 2.05) is 24.3 Å². The number of carbonyl (C=O) groups is 1. The van der Waals surface area contributed by atoms with E-state index in [1.165, 1.54) is 23.3 Å². The molecule has 4 nitrogen and oxygen atoms in total. The minimum absolute atomic E-state index is 0.0365. The van der Waals surface area contributed by atoms with Gasteiger partial charge in [-0.3, -0.25) is 9.69 Å². The highest BCUT2D eigenvalue weighted by Crippen LogP contribution is 2.38. The van der Waals surface area contributed by atoms with Gasteiger partial charge in [-0.25, -0.2) is 0 Å². The van der Waals surface area contributed by atoms with Crippen molar-refractivity contribution in [1.29, 1.82) is 0 Å². The van der Waals surface area contributed by atoms with E-state index in [1.54, 1.807) is 18.4 Å². The largest absolute Gasteiger partial charge is 0.497 e. The maximum absolute atomic E-state index is 12.4. The van der Waals surface area contributed by atoms with Crippen molar-refractivity contribution >= 4 is 22.9 Å². The number of rotatable bonds is 4. The molecule has 1 saturated carbocycles. The summed E-state index contributed by atoms with van der Waals surface area (Å²) in [6, 6.07) is 10.3. The second-order valence-corrected chi connectivity index (χ2v) is 7.02. The molecule has 0 bridgehead atoms. The molecule has 1 aliphatic heterocycles. The van der Waals surface area contributed by atoms with Crippen molar-refractivity contribution in [3.05, 3.63) is 45.6 Å². The minimum atomic E-state index is -0.0365. The molecule has 1 N–H and O–H groups in total. The van der Waals surface area contributed by atoms with E-state index in [-0.39, 0.29) is 5.91 Å². The molecule has 0 saturated heterocycles. The quantitative estimate of drug-likeness (QED) is 0.939. The summed E-state index contributed by atoms with van der Waals surface area (Å²) in [7, 11) is 1.62. The summed E-state index contributed by atoms with van der Waals surface area (Å²) in [5.74, 6) is 0.706. The van der Waals surface area contributed by atoms with Crippen LogP contribution < -0.4 is 10.1 Å². The Morgan fingerprint density at radius 2 is 2.18 bits per heavy atom. The number of hydrogen-bond donors (Lipinski definition) is 1. The molecular formula is C17H18N2O2S. The van der Waals surface area contributed by atoms with Crippen molar-refractivity contribution in [2.45, 2.75) is 32.0 Å². The third-order valence-corrected chi connectivity index (χ3v) is 5.39. The van der Waals surface area contributed by atoms with Crippen LogP contribution in [0.4, 0.5) is 5.69 Å². The van der Waals surface area contributed by atoms with Crippen molar-refractivity contribution in [2.24, 2.45) is 0 Å². The first-order valence-corrected chi connectivity index (χ1v) is 8.35. The summed E-state index contributed by atoms with van der Waals surface area (Å²) in [5.41, 5.74) is 2.09. The molecule has 0 radical (unpaired) electrons. The Balaban J connectivity index is 1.46. The number of nitrogens with one attached hydrogen (secondary N) is 1. The number of anilines is 1. The van der Waals surface area contributed by atoms with Gasteiger partial charge in [0.2, 0.25) is 0 Å². The normalized spacial score (nSPS) is 17.3. The minimum Gasteiger partial charge on any atom is -0.497 e. The first-order chi connectivity index (χ1) is 10.7. The van der Waals surface area contributed by atoms with Crippen LogP contribution in [0.25, 0.3) is 0 Å². The highest BCUT2D eigenvalue weighted by atomic mass is 32.1. The van der Waals surface area contributed by atoms with Gasteiger partial charge in [0.25, 0.3) is 5.91 Å². The van der Waals surface area contributed by atoms with Crippen LogP contribution in [0.5, 0.6) is 5.75 Å². The average molecular weight is 314 g/mol. The molecule has 1 fully saturated rings. The first-order valence-electron chi connectivity index (χ1n) is 7.54. The van der Waals surface area contributed by atoms with Gasteiger partial charge in [0.15, 0.2) is 0 Å². The molecular weight excluding hydrogens is 296 g/mol. The van der Waals surface area contributed by atoms with Crippen molar-refractivity contribution in [2.75, 3.05) is 12.4 Å². The van der Waals surface area contributed by atoms with Crippen LogP contribution in [0.3, 0.4) is 0 Å². The zero-order valence-corrected chi connectivity index (χ0v) is 13.3. The van der Waals surface area contributed by atoms with E-state index in [2.05, 4.69) is 16.3 Å². The Morgan fingerprint density at radius 1 is 1.32 bits per heavy atom. The lowest BCUT2D eigenvalue weighted by Crippen LogP contribution is -2.18. The summed E-state index contributed by atoms with van der Waals surface area (Å²) in [5, 5.41) is 2.95. The monoisotopic (exact) mass is 314 g/mol. The lowest BCUT2D eigenvalue weighted by atomic mass is 10.2. The van der Waals surface area contributed by atoms with Gasteiger partial charge in [0, 0.05) is 35.8 Å². The topological polar surface area (TPSA) is 41.6 Å². The maximum atomic E-state index is 12.4. The van der Waals surface area contributed by atoms with Crippen molar-refractivity contribution in [1.82, 2.24) is 4.90 Å². The molecule has 1 aliphatic carbocycles. The predicted molar refractivity (Wildman–Crippen MR) is 87.5 cm³/mol. The molecule has 4 rings (SSSR count). The number of fused-ring (bicyclic) bond motifs is 1. The van der Waals surface area contributed by atoms with Gasteiger partial charge >= 0.3 is 0 Å². The smallest absolute Gasteiger partial charge is 0.265 e. The number of amides is 1. The zero-order chi connectivity index (χ0) is 15.1.